The highest BCUT2D eigenvalue weighted by Gasteiger charge is 2.46. The lowest BCUT2D eigenvalue weighted by Crippen LogP contribution is -2.45. The minimum atomic E-state index is -1.09. The first-order chi connectivity index (χ1) is 19.3. The summed E-state index contributed by atoms with van der Waals surface area (Å²) in [6.07, 6.45) is 4.07. The average Bonchev–Trinajstić information content (AvgIpc) is 3.64. The third kappa shape index (κ3) is 6.08. The molecule has 0 spiro atoms. The molecule has 2 heterocycles. The minimum absolute atomic E-state index is 0.0176. The molecule has 0 radical (unpaired) electrons. The number of allylic oxidation sites excluding steroid dienone is 1. The number of rotatable bonds is 9. The molecule has 2 saturated carbocycles. The number of aliphatic hydroxyl groups is 3. The molecule has 0 unspecified atom stereocenters. The Balaban J connectivity index is 1.55. The smallest absolute Gasteiger partial charge is 0.191 e. The highest BCUT2D eigenvalue weighted by atomic mass is 32.2. The molecule has 1 aliphatic heterocycles. The van der Waals surface area contributed by atoms with Gasteiger partial charge in [-0.05, 0) is 49.3 Å². The van der Waals surface area contributed by atoms with Gasteiger partial charge in [-0.3, -0.25) is 0 Å². The fourth-order valence-electron chi connectivity index (χ4n) is 5.51. The van der Waals surface area contributed by atoms with E-state index in [4.69, 9.17) is 19.7 Å². The van der Waals surface area contributed by atoms with E-state index >= 15 is 0 Å². The number of ether oxygens (including phenoxy) is 1. The average molecular weight is 575 g/mol. The van der Waals surface area contributed by atoms with Crippen molar-refractivity contribution in [2.45, 2.75) is 80.9 Å². The summed E-state index contributed by atoms with van der Waals surface area (Å²) in [5, 5.41) is 31.6. The molecule has 0 bridgehead atoms. The van der Waals surface area contributed by atoms with E-state index in [0.717, 1.165) is 35.9 Å². The molecule has 2 aliphatic carbocycles. The molecule has 0 amide bonds. The van der Waals surface area contributed by atoms with Gasteiger partial charge in [0, 0.05) is 29.5 Å². The van der Waals surface area contributed by atoms with Crippen LogP contribution in [0.3, 0.4) is 0 Å². The number of halogens is 2. The van der Waals surface area contributed by atoms with E-state index < -0.39 is 36.0 Å². The first kappa shape index (κ1) is 29.1. The number of aliphatic hydroxyl groups excluding tert-OH is 3. The lowest BCUT2D eigenvalue weighted by atomic mass is 9.95. The molecule has 8 nitrogen and oxygen atoms in total. The Kier molecular flexibility index (Phi) is 9.16. The van der Waals surface area contributed by atoms with Crippen LogP contribution in [0.15, 0.2) is 40.5 Å². The van der Waals surface area contributed by atoms with E-state index in [2.05, 4.69) is 19.9 Å². The molecule has 2 fully saturated rings. The molecular weight excluding hydrogens is 538 g/mol. The molecule has 0 saturated heterocycles. The van der Waals surface area contributed by atoms with Crippen molar-refractivity contribution in [1.29, 1.82) is 0 Å². The fourth-order valence-corrected chi connectivity index (χ4v) is 6.20. The van der Waals surface area contributed by atoms with Crippen molar-refractivity contribution in [2.75, 3.05) is 30.4 Å². The Hall–Kier alpha value is -2.44. The second-order valence-corrected chi connectivity index (χ2v) is 11.7. The van der Waals surface area contributed by atoms with Crippen LogP contribution in [0.1, 0.15) is 62.5 Å². The molecule has 11 heteroatoms. The Morgan fingerprint density at radius 3 is 2.73 bits per heavy atom. The molecule has 3 aliphatic rings. The molecule has 5 rings (SSSR count). The van der Waals surface area contributed by atoms with Gasteiger partial charge in [0.1, 0.15) is 18.0 Å². The van der Waals surface area contributed by atoms with Crippen molar-refractivity contribution >= 4 is 29.1 Å². The first-order valence-electron chi connectivity index (χ1n) is 13.9. The Morgan fingerprint density at radius 2 is 1.98 bits per heavy atom. The van der Waals surface area contributed by atoms with Crippen LogP contribution in [-0.2, 0) is 4.74 Å². The van der Waals surface area contributed by atoms with E-state index in [1.54, 1.807) is 6.07 Å². The van der Waals surface area contributed by atoms with Crippen LogP contribution in [-0.4, -0.2) is 80.9 Å². The van der Waals surface area contributed by atoms with Crippen LogP contribution in [0.25, 0.3) is 0 Å². The SMILES string of the molecule is CCCSc1nc(N=C2C[C@H]2c2ccc(F)c(F)c2)c2c(n1)N([C@@H]1C[C@H](OCCO)[C@@H](O)[C@H]1O)C/C=C\C[C@H]2C. The highest BCUT2D eigenvalue weighted by molar-refractivity contribution is 7.99. The molecule has 1 aromatic carbocycles. The topological polar surface area (TPSA) is 111 Å². The molecule has 3 N–H and O–H groups in total. The molecule has 2 aromatic rings. The number of thioether (sulfide) groups is 1. The number of hydrogen-bond acceptors (Lipinski definition) is 9. The van der Waals surface area contributed by atoms with Gasteiger partial charge in [-0.15, -0.1) is 0 Å². The lowest BCUT2D eigenvalue weighted by molar-refractivity contribution is -0.0616. The molecule has 40 heavy (non-hydrogen) atoms. The van der Waals surface area contributed by atoms with Crippen molar-refractivity contribution < 1.29 is 28.8 Å². The van der Waals surface area contributed by atoms with E-state index in [0.29, 0.717) is 41.7 Å². The van der Waals surface area contributed by atoms with Gasteiger partial charge < -0.3 is 25.0 Å². The van der Waals surface area contributed by atoms with Crippen LogP contribution < -0.4 is 4.90 Å². The molecule has 216 valence electrons. The quantitative estimate of drug-likeness (QED) is 0.232. The van der Waals surface area contributed by atoms with Crippen LogP contribution in [0.2, 0.25) is 0 Å². The third-order valence-corrected chi connectivity index (χ3v) is 8.77. The summed E-state index contributed by atoms with van der Waals surface area (Å²) in [5.41, 5.74) is 2.39. The summed E-state index contributed by atoms with van der Waals surface area (Å²) < 4.78 is 33.0. The van der Waals surface area contributed by atoms with Crippen LogP contribution in [0.5, 0.6) is 0 Å². The summed E-state index contributed by atoms with van der Waals surface area (Å²) in [6, 6.07) is 3.50. The zero-order valence-corrected chi connectivity index (χ0v) is 23.5. The summed E-state index contributed by atoms with van der Waals surface area (Å²) >= 11 is 1.53. The normalized spacial score (nSPS) is 29.8. The predicted molar refractivity (Wildman–Crippen MR) is 151 cm³/mol. The number of nitrogens with zero attached hydrogens (tertiary/aromatic N) is 4. The van der Waals surface area contributed by atoms with Crippen molar-refractivity contribution in [1.82, 2.24) is 9.97 Å². The van der Waals surface area contributed by atoms with Crippen molar-refractivity contribution in [3.63, 3.8) is 0 Å². The molecule has 6 atom stereocenters. The Morgan fingerprint density at radius 1 is 1.15 bits per heavy atom. The Labute approximate surface area is 237 Å². The van der Waals surface area contributed by atoms with Crippen LogP contribution in [0.4, 0.5) is 20.4 Å². The zero-order valence-electron chi connectivity index (χ0n) is 22.7. The summed E-state index contributed by atoms with van der Waals surface area (Å²) in [5.74, 6) is 0.231. The second kappa shape index (κ2) is 12.6. The summed E-state index contributed by atoms with van der Waals surface area (Å²) in [6.45, 7) is 4.56. The van der Waals surface area contributed by atoms with Crippen LogP contribution >= 0.6 is 11.8 Å². The minimum Gasteiger partial charge on any atom is -0.394 e. The number of anilines is 1. The maximum atomic E-state index is 13.9. The number of aliphatic imine (C=N–C) groups is 1. The van der Waals surface area contributed by atoms with Gasteiger partial charge in [-0.1, -0.05) is 43.8 Å². The second-order valence-electron chi connectivity index (χ2n) is 10.6. The van der Waals surface area contributed by atoms with Crippen molar-refractivity contribution in [2.24, 2.45) is 4.99 Å². The predicted octanol–water partition coefficient (Wildman–Crippen LogP) is 4.26. The maximum absolute atomic E-state index is 13.9. The number of hydrogen-bond donors (Lipinski definition) is 3. The van der Waals surface area contributed by atoms with Gasteiger partial charge in [0.2, 0.25) is 0 Å². The van der Waals surface area contributed by atoms with Crippen molar-refractivity contribution in [3.05, 3.63) is 53.1 Å². The molecular formula is C29H36F2N4O4S. The van der Waals surface area contributed by atoms with Gasteiger partial charge >= 0.3 is 0 Å². The van der Waals surface area contributed by atoms with Crippen molar-refractivity contribution in [3.8, 4) is 0 Å². The molecule has 1 aromatic heterocycles. The van der Waals surface area contributed by atoms with Gasteiger partial charge in [0.25, 0.3) is 0 Å². The van der Waals surface area contributed by atoms with Gasteiger partial charge in [0.05, 0.1) is 25.4 Å². The van der Waals surface area contributed by atoms with E-state index in [1.165, 1.54) is 17.8 Å². The van der Waals surface area contributed by atoms with Gasteiger partial charge in [0.15, 0.2) is 22.6 Å². The maximum Gasteiger partial charge on any atom is 0.191 e. The fraction of sp³-hybridized carbons (Fsp3) is 0.552. The highest BCUT2D eigenvalue weighted by Crippen LogP contribution is 2.44. The number of fused-ring (bicyclic) bond motifs is 1. The van der Waals surface area contributed by atoms with E-state index in [-0.39, 0.29) is 25.0 Å². The van der Waals surface area contributed by atoms with Gasteiger partial charge in [-0.25, -0.2) is 23.7 Å². The number of aromatic nitrogens is 2. The largest absolute Gasteiger partial charge is 0.394 e. The standard InChI is InChI=1S/C29H36F2N4O4S/c1-3-12-40-29-33-27(32-21-14-18(21)17-7-8-19(30)20(31)13-17)24-16(2)6-4-5-9-35(28(24)34-29)22-15-23(39-11-10-36)26(38)25(22)37/h4-5,7-8,13,16,18,22-23,25-26,36-38H,3,6,9-12,14-15H2,1-2H3/b5-4-,32-21?/t16-,18+,22-,23+,25+,26-/m1/s1. The Bertz CT molecular complexity index is 1280. The third-order valence-electron chi connectivity index (χ3n) is 7.72. The zero-order chi connectivity index (χ0) is 28.4. The van der Waals surface area contributed by atoms with Gasteiger partial charge in [-0.2, -0.15) is 0 Å². The monoisotopic (exact) mass is 574 g/mol. The van der Waals surface area contributed by atoms with E-state index in [9.17, 15) is 24.1 Å². The lowest BCUT2D eigenvalue weighted by Gasteiger charge is -2.35. The van der Waals surface area contributed by atoms with Crippen LogP contribution in [0, 0.1) is 11.6 Å². The van der Waals surface area contributed by atoms with E-state index in [1.807, 2.05) is 11.0 Å². The first-order valence-corrected chi connectivity index (χ1v) is 14.9. The summed E-state index contributed by atoms with van der Waals surface area (Å²) in [7, 11) is 0. The summed E-state index contributed by atoms with van der Waals surface area (Å²) in [4.78, 5) is 16.8. The number of benzene rings is 1.